The van der Waals surface area contributed by atoms with Gasteiger partial charge >= 0.3 is 0 Å². The minimum absolute atomic E-state index is 0.408. The molecule has 1 aliphatic rings. The summed E-state index contributed by atoms with van der Waals surface area (Å²) in [7, 11) is 0. The third-order valence-electron chi connectivity index (χ3n) is 4.20. The molecule has 0 bridgehead atoms. The molecule has 4 nitrogen and oxygen atoms in total. The molecule has 0 aliphatic carbocycles. The van der Waals surface area contributed by atoms with Crippen LogP contribution < -0.4 is 4.90 Å². The van der Waals surface area contributed by atoms with Gasteiger partial charge in [0.05, 0.1) is 25.6 Å². The number of nitrogens with one attached hydrogen (secondary N) is 1. The van der Waals surface area contributed by atoms with Crippen LogP contribution in [0.15, 0.2) is 24.5 Å². The van der Waals surface area contributed by atoms with Crippen molar-refractivity contribution in [3.05, 3.63) is 30.1 Å². The minimum Gasteiger partial charge on any atom is -0.362 e. The highest BCUT2D eigenvalue weighted by Gasteiger charge is 2.27. The highest BCUT2D eigenvalue weighted by atomic mass is 16.5. The average molecular weight is 312 g/mol. The van der Waals surface area contributed by atoms with E-state index in [0.717, 1.165) is 13.1 Å². The summed E-state index contributed by atoms with van der Waals surface area (Å²) in [6.45, 7) is 6.34. The quantitative estimate of drug-likeness (QED) is 0.667. The van der Waals surface area contributed by atoms with Crippen LogP contribution in [-0.4, -0.2) is 30.3 Å². The molecule has 1 N–H and O–H groups in total. The number of rotatable bonds is 5. The first-order valence-corrected chi connectivity index (χ1v) is 8.38. The molecule has 1 unspecified atom stereocenters. The van der Waals surface area contributed by atoms with Crippen LogP contribution >= 0.6 is 0 Å². The van der Waals surface area contributed by atoms with E-state index >= 15 is 0 Å². The zero-order valence-electron chi connectivity index (χ0n) is 14.1. The van der Waals surface area contributed by atoms with E-state index in [4.69, 9.17) is 10.00 Å². The van der Waals surface area contributed by atoms with Crippen molar-refractivity contribution in [3.63, 3.8) is 0 Å². The van der Waals surface area contributed by atoms with Crippen LogP contribution in [0.25, 0.3) is 0 Å². The minimum atomic E-state index is -0.490. The van der Waals surface area contributed by atoms with Crippen molar-refractivity contribution in [2.75, 3.05) is 19.7 Å². The molecule has 122 valence electrons. The Morgan fingerprint density at radius 2 is 2.30 bits per heavy atom. The predicted octanol–water partition coefficient (Wildman–Crippen LogP) is 1.90. The molecule has 0 radical (unpaired) electrons. The zero-order chi connectivity index (χ0) is 16.5. The summed E-state index contributed by atoms with van der Waals surface area (Å²) >= 11 is 0. The summed E-state index contributed by atoms with van der Waals surface area (Å²) in [6.07, 6.45) is 7.96. The van der Waals surface area contributed by atoms with Crippen molar-refractivity contribution in [1.82, 2.24) is 4.98 Å². The monoisotopic (exact) mass is 312 g/mol. The Kier molecular flexibility index (Phi) is 6.59. The maximum atomic E-state index is 8.57. The van der Waals surface area contributed by atoms with Crippen LogP contribution in [0.4, 0.5) is 0 Å². The first kappa shape index (κ1) is 17.5. The van der Waals surface area contributed by atoms with Crippen LogP contribution in [0.3, 0.4) is 0 Å². The Morgan fingerprint density at radius 1 is 1.43 bits per heavy atom. The Labute approximate surface area is 139 Å². The van der Waals surface area contributed by atoms with Crippen molar-refractivity contribution in [1.29, 1.82) is 5.26 Å². The molecule has 1 aromatic rings. The predicted molar refractivity (Wildman–Crippen MR) is 89.6 cm³/mol. The van der Waals surface area contributed by atoms with E-state index in [9.17, 15) is 0 Å². The van der Waals surface area contributed by atoms with E-state index in [1.807, 2.05) is 32.3 Å². The number of piperidine rings is 1. The topological polar surface area (TPSA) is 50.4 Å². The van der Waals surface area contributed by atoms with Gasteiger partial charge in [-0.1, -0.05) is 12.0 Å². The van der Waals surface area contributed by atoms with Crippen molar-refractivity contribution >= 4 is 0 Å². The van der Waals surface area contributed by atoms with Gasteiger partial charge in [-0.3, -0.25) is 4.98 Å². The first-order chi connectivity index (χ1) is 11.1. The number of hydrogen-bond donors (Lipinski definition) is 1. The number of aromatic nitrogens is 1. The molecule has 1 fully saturated rings. The van der Waals surface area contributed by atoms with E-state index in [-0.39, 0.29) is 0 Å². The maximum Gasteiger partial charge on any atom is 0.139 e. The van der Waals surface area contributed by atoms with Gasteiger partial charge in [0.1, 0.15) is 18.2 Å². The number of likely N-dealkylation sites (tertiary alicyclic amines) is 1. The second-order valence-electron chi connectivity index (χ2n) is 6.49. The summed E-state index contributed by atoms with van der Waals surface area (Å²) in [5, 5.41) is 8.57. The Balaban J connectivity index is 1.95. The van der Waals surface area contributed by atoms with Crippen LogP contribution in [0.5, 0.6) is 0 Å². The zero-order valence-corrected chi connectivity index (χ0v) is 14.1. The smallest absolute Gasteiger partial charge is 0.139 e. The number of ether oxygens (including phenoxy) is 1. The summed E-state index contributed by atoms with van der Waals surface area (Å²) in [6, 6.07) is 6.77. The van der Waals surface area contributed by atoms with E-state index in [1.54, 1.807) is 0 Å². The Hall–Kier alpha value is -1.88. The molecular weight excluding hydrogens is 286 g/mol. The molecule has 0 spiro atoms. The molecule has 0 aromatic carbocycles. The molecular formula is C19H26N3O+. The number of nitriles is 1. The molecule has 1 aromatic heterocycles. The number of hydrogen-bond acceptors (Lipinski definition) is 3. The van der Waals surface area contributed by atoms with Gasteiger partial charge in [-0.05, 0) is 38.7 Å². The van der Waals surface area contributed by atoms with Crippen molar-refractivity contribution in [2.45, 2.75) is 51.2 Å². The third-order valence-corrected chi connectivity index (χ3v) is 4.20. The van der Waals surface area contributed by atoms with Crippen LogP contribution in [0, 0.1) is 23.2 Å². The van der Waals surface area contributed by atoms with Gasteiger partial charge in [-0.25, -0.2) is 0 Å². The van der Waals surface area contributed by atoms with Gasteiger partial charge in [-0.15, -0.1) is 0 Å². The number of nitrogens with zero attached hydrogens (tertiary/aromatic N) is 2. The molecule has 4 heteroatoms. The highest BCUT2D eigenvalue weighted by molar-refractivity contribution is 5.13. The van der Waals surface area contributed by atoms with Crippen molar-refractivity contribution in [2.24, 2.45) is 0 Å². The first-order valence-electron chi connectivity index (χ1n) is 8.38. The fourth-order valence-electron chi connectivity index (χ4n) is 3.03. The maximum absolute atomic E-state index is 8.57. The van der Waals surface area contributed by atoms with Crippen molar-refractivity contribution in [3.8, 4) is 17.9 Å². The van der Waals surface area contributed by atoms with Gasteiger partial charge in [0.2, 0.25) is 0 Å². The van der Waals surface area contributed by atoms with Gasteiger partial charge in [0.15, 0.2) is 0 Å². The molecule has 0 amide bonds. The van der Waals surface area contributed by atoms with E-state index in [0.29, 0.717) is 19.1 Å². The number of quaternary nitrogens is 1. The van der Waals surface area contributed by atoms with Gasteiger partial charge in [-0.2, -0.15) is 5.26 Å². The van der Waals surface area contributed by atoms with Gasteiger partial charge in [0.25, 0.3) is 0 Å². The van der Waals surface area contributed by atoms with Crippen LogP contribution in [-0.2, 0) is 4.74 Å². The van der Waals surface area contributed by atoms with Gasteiger partial charge < -0.3 is 9.64 Å². The highest BCUT2D eigenvalue weighted by Crippen LogP contribution is 2.18. The van der Waals surface area contributed by atoms with Crippen molar-refractivity contribution < 1.29 is 9.64 Å². The fraction of sp³-hybridized carbons (Fsp3) is 0.579. The van der Waals surface area contributed by atoms with Crippen LogP contribution in [0.2, 0.25) is 0 Å². The largest absolute Gasteiger partial charge is 0.362 e. The molecule has 1 aliphatic heterocycles. The lowest BCUT2D eigenvalue weighted by atomic mass is 9.96. The lowest BCUT2D eigenvalue weighted by Crippen LogP contribution is -3.13. The normalized spacial score (nSPS) is 21.1. The fourth-order valence-corrected chi connectivity index (χ4v) is 3.03. The van der Waals surface area contributed by atoms with E-state index in [1.165, 1.54) is 29.7 Å². The molecule has 2 atom stereocenters. The van der Waals surface area contributed by atoms with E-state index < -0.39 is 5.60 Å². The van der Waals surface area contributed by atoms with Crippen LogP contribution in [0.1, 0.15) is 51.1 Å². The standard InChI is InChI=1S/C19H25N3O/c1-19(2,23-15-7-11-20)10-6-14-22-13-4-3-9-18(22)17-8-5-12-21-16-17/h5,8,12,16,18H,3-4,7,9,13-15H2,1-2H3/p+1/t18-/m1/s1. The molecule has 23 heavy (non-hydrogen) atoms. The number of pyridine rings is 1. The Morgan fingerprint density at radius 3 is 3.04 bits per heavy atom. The average Bonchev–Trinajstić information content (AvgIpc) is 2.56. The molecule has 0 saturated carbocycles. The molecule has 1 saturated heterocycles. The van der Waals surface area contributed by atoms with Gasteiger partial charge in [0, 0.05) is 24.4 Å². The summed E-state index contributed by atoms with van der Waals surface area (Å²) in [5.41, 5.74) is 0.823. The van der Waals surface area contributed by atoms with E-state index in [2.05, 4.69) is 29.0 Å². The summed E-state index contributed by atoms with van der Waals surface area (Å²) < 4.78 is 5.66. The Bertz CT molecular complexity index is 580. The second-order valence-corrected chi connectivity index (χ2v) is 6.49. The summed E-state index contributed by atoms with van der Waals surface area (Å²) in [5.74, 6) is 6.53. The molecule has 2 heterocycles. The lowest BCUT2D eigenvalue weighted by molar-refractivity contribution is -0.930. The lowest BCUT2D eigenvalue weighted by Gasteiger charge is -2.31. The second kappa shape index (κ2) is 8.67. The third kappa shape index (κ3) is 5.67. The summed E-state index contributed by atoms with van der Waals surface area (Å²) in [4.78, 5) is 5.78. The molecule has 2 rings (SSSR count). The SMILES string of the molecule is CC(C)(C#CC[NH+]1CCCC[C@@H]1c1cccnc1)OCCC#N.